The number of fused-ring (bicyclic) bond motifs is 1. The molecular weight excluding hydrogens is 424 g/mol. The van der Waals surface area contributed by atoms with Crippen molar-refractivity contribution < 1.29 is 4.79 Å². The summed E-state index contributed by atoms with van der Waals surface area (Å²) in [6.45, 7) is 4.18. The highest BCUT2D eigenvalue weighted by atomic mass is 16.1. The largest absolute Gasteiger partial charge is 0.388 e. The SMILES string of the molecule is CNc1cccc(-c2cccc3cnc(Nc4ccc(N5CCN(CC=O)CC5)cc4)nc23)c1. The van der Waals surface area contributed by atoms with E-state index in [1.165, 1.54) is 5.69 Å². The van der Waals surface area contributed by atoms with Crippen molar-refractivity contribution in [3.63, 3.8) is 0 Å². The molecule has 1 aromatic heterocycles. The molecule has 7 heteroatoms. The standard InChI is InChI=1S/C27H28N6O/c1-28-23-6-2-4-20(18-23)25-7-3-5-21-19-29-27(31-26(21)25)30-22-8-10-24(11-9-22)33-14-12-32(13-15-33)16-17-34/h2-11,17-19,28H,12-16H2,1H3,(H,29,30,31). The topological polar surface area (TPSA) is 73.4 Å². The molecule has 1 aliphatic rings. The fourth-order valence-electron chi connectivity index (χ4n) is 4.37. The van der Waals surface area contributed by atoms with E-state index >= 15 is 0 Å². The zero-order valence-corrected chi connectivity index (χ0v) is 19.2. The van der Waals surface area contributed by atoms with Crippen molar-refractivity contribution >= 4 is 40.2 Å². The summed E-state index contributed by atoms with van der Waals surface area (Å²) in [5.41, 5.74) is 6.29. The van der Waals surface area contributed by atoms with Crippen molar-refractivity contribution in [2.45, 2.75) is 0 Å². The van der Waals surface area contributed by atoms with E-state index in [4.69, 9.17) is 4.98 Å². The van der Waals surface area contributed by atoms with E-state index in [0.29, 0.717) is 12.5 Å². The van der Waals surface area contributed by atoms with Gasteiger partial charge in [0.25, 0.3) is 0 Å². The Kier molecular flexibility index (Phi) is 6.35. The highest BCUT2D eigenvalue weighted by Crippen LogP contribution is 2.30. The van der Waals surface area contributed by atoms with E-state index in [2.05, 4.69) is 67.9 Å². The van der Waals surface area contributed by atoms with Gasteiger partial charge in [-0.05, 0) is 42.0 Å². The fourth-order valence-corrected chi connectivity index (χ4v) is 4.37. The molecule has 34 heavy (non-hydrogen) atoms. The minimum absolute atomic E-state index is 0.519. The van der Waals surface area contributed by atoms with Crippen LogP contribution in [-0.2, 0) is 4.79 Å². The van der Waals surface area contributed by atoms with Crippen LogP contribution >= 0.6 is 0 Å². The molecule has 4 aromatic rings. The summed E-state index contributed by atoms with van der Waals surface area (Å²) >= 11 is 0. The second-order valence-electron chi connectivity index (χ2n) is 8.39. The van der Waals surface area contributed by atoms with Crippen LogP contribution in [0, 0.1) is 0 Å². The second-order valence-corrected chi connectivity index (χ2v) is 8.39. The number of hydrogen-bond donors (Lipinski definition) is 2. The molecular formula is C27H28N6O. The van der Waals surface area contributed by atoms with Crippen molar-refractivity contribution in [3.8, 4) is 11.1 Å². The lowest BCUT2D eigenvalue weighted by molar-refractivity contribution is -0.108. The molecule has 0 saturated carbocycles. The molecule has 5 rings (SSSR count). The van der Waals surface area contributed by atoms with Crippen molar-refractivity contribution in [1.82, 2.24) is 14.9 Å². The monoisotopic (exact) mass is 452 g/mol. The van der Waals surface area contributed by atoms with E-state index < -0.39 is 0 Å². The van der Waals surface area contributed by atoms with Gasteiger partial charge in [-0.1, -0.05) is 30.3 Å². The van der Waals surface area contributed by atoms with Crippen molar-refractivity contribution in [2.24, 2.45) is 0 Å². The van der Waals surface area contributed by atoms with E-state index in [-0.39, 0.29) is 0 Å². The predicted octanol–water partition coefficient (Wildman–Crippen LogP) is 4.40. The molecule has 1 aliphatic heterocycles. The number of aldehydes is 1. The normalized spacial score (nSPS) is 14.2. The van der Waals surface area contributed by atoms with Crippen LogP contribution in [0.2, 0.25) is 0 Å². The Morgan fingerprint density at radius 3 is 2.50 bits per heavy atom. The molecule has 3 aromatic carbocycles. The first-order chi connectivity index (χ1) is 16.7. The Morgan fingerprint density at radius 1 is 0.941 bits per heavy atom. The van der Waals surface area contributed by atoms with Gasteiger partial charge in [0, 0.05) is 67.4 Å². The highest BCUT2D eigenvalue weighted by Gasteiger charge is 2.16. The zero-order valence-electron chi connectivity index (χ0n) is 19.2. The Morgan fingerprint density at radius 2 is 1.74 bits per heavy atom. The van der Waals surface area contributed by atoms with Crippen molar-refractivity contribution in [1.29, 1.82) is 0 Å². The summed E-state index contributed by atoms with van der Waals surface area (Å²) in [5.74, 6) is 0.569. The number of carbonyl (C=O) groups is 1. The van der Waals surface area contributed by atoms with Gasteiger partial charge in [0.15, 0.2) is 0 Å². The predicted molar refractivity (Wildman–Crippen MR) is 139 cm³/mol. The molecule has 0 amide bonds. The van der Waals surface area contributed by atoms with Gasteiger partial charge in [-0.15, -0.1) is 0 Å². The van der Waals surface area contributed by atoms with Gasteiger partial charge >= 0.3 is 0 Å². The Hall–Kier alpha value is -3.97. The highest BCUT2D eigenvalue weighted by molar-refractivity contribution is 5.94. The van der Waals surface area contributed by atoms with E-state index in [1.54, 1.807) is 0 Å². The quantitative estimate of drug-likeness (QED) is 0.403. The van der Waals surface area contributed by atoms with Crippen LogP contribution in [0.3, 0.4) is 0 Å². The van der Waals surface area contributed by atoms with Gasteiger partial charge in [0.2, 0.25) is 5.95 Å². The molecule has 0 spiro atoms. The van der Waals surface area contributed by atoms with Crippen LogP contribution < -0.4 is 15.5 Å². The maximum Gasteiger partial charge on any atom is 0.227 e. The average molecular weight is 453 g/mol. The first-order valence-corrected chi connectivity index (χ1v) is 11.6. The maximum atomic E-state index is 10.7. The lowest BCUT2D eigenvalue weighted by Crippen LogP contribution is -2.46. The molecule has 0 radical (unpaired) electrons. The number of nitrogens with zero attached hydrogens (tertiary/aromatic N) is 4. The van der Waals surface area contributed by atoms with Crippen LogP contribution in [0.25, 0.3) is 22.0 Å². The van der Waals surface area contributed by atoms with Gasteiger partial charge in [-0.2, -0.15) is 0 Å². The number of hydrogen-bond acceptors (Lipinski definition) is 7. The number of anilines is 4. The van der Waals surface area contributed by atoms with Gasteiger partial charge in [0.1, 0.15) is 6.29 Å². The van der Waals surface area contributed by atoms with Gasteiger partial charge in [-0.25, -0.2) is 9.97 Å². The summed E-state index contributed by atoms with van der Waals surface area (Å²) < 4.78 is 0. The summed E-state index contributed by atoms with van der Waals surface area (Å²) in [5, 5.41) is 7.55. The molecule has 0 bridgehead atoms. The number of nitrogens with one attached hydrogen (secondary N) is 2. The summed E-state index contributed by atoms with van der Waals surface area (Å²) in [6.07, 6.45) is 2.84. The Bertz CT molecular complexity index is 1280. The number of aromatic nitrogens is 2. The van der Waals surface area contributed by atoms with Crippen LogP contribution in [0.4, 0.5) is 23.0 Å². The van der Waals surface area contributed by atoms with E-state index in [0.717, 1.165) is 65.9 Å². The molecule has 0 aliphatic carbocycles. The number of rotatable bonds is 7. The maximum absolute atomic E-state index is 10.7. The van der Waals surface area contributed by atoms with E-state index in [1.807, 2.05) is 37.5 Å². The van der Waals surface area contributed by atoms with Crippen molar-refractivity contribution in [2.75, 3.05) is 55.3 Å². The second kappa shape index (κ2) is 9.89. The number of benzene rings is 3. The third kappa shape index (κ3) is 4.70. The lowest BCUT2D eigenvalue weighted by atomic mass is 10.0. The molecule has 0 unspecified atom stereocenters. The van der Waals surface area contributed by atoms with Crippen LogP contribution in [0.1, 0.15) is 0 Å². The van der Waals surface area contributed by atoms with E-state index in [9.17, 15) is 4.79 Å². The zero-order chi connectivity index (χ0) is 23.3. The molecule has 172 valence electrons. The molecule has 7 nitrogen and oxygen atoms in total. The number of carbonyl (C=O) groups excluding carboxylic acids is 1. The first-order valence-electron chi connectivity index (χ1n) is 11.6. The smallest absolute Gasteiger partial charge is 0.227 e. The summed E-state index contributed by atoms with van der Waals surface area (Å²) in [6, 6.07) is 22.8. The molecule has 2 heterocycles. The number of para-hydroxylation sites is 1. The van der Waals surface area contributed by atoms with Crippen LogP contribution in [-0.4, -0.2) is 60.9 Å². The summed E-state index contributed by atoms with van der Waals surface area (Å²) in [7, 11) is 1.92. The third-order valence-corrected chi connectivity index (χ3v) is 6.27. The van der Waals surface area contributed by atoms with Gasteiger partial charge < -0.3 is 20.3 Å². The summed E-state index contributed by atoms with van der Waals surface area (Å²) in [4.78, 5) is 24.6. The van der Waals surface area contributed by atoms with Gasteiger partial charge in [-0.3, -0.25) is 4.90 Å². The molecule has 0 atom stereocenters. The van der Waals surface area contributed by atoms with Crippen molar-refractivity contribution in [3.05, 3.63) is 72.9 Å². The number of piperazine rings is 1. The average Bonchev–Trinajstić information content (AvgIpc) is 2.89. The van der Waals surface area contributed by atoms with Gasteiger partial charge in [0.05, 0.1) is 12.1 Å². The van der Waals surface area contributed by atoms with Crippen LogP contribution in [0.5, 0.6) is 0 Å². The molecule has 1 saturated heterocycles. The third-order valence-electron chi connectivity index (χ3n) is 6.27. The van der Waals surface area contributed by atoms with Crippen LogP contribution in [0.15, 0.2) is 72.9 Å². The Labute approximate surface area is 199 Å². The first kappa shape index (κ1) is 21.9. The Balaban J connectivity index is 1.34. The fraction of sp³-hybridized carbons (Fsp3) is 0.222. The minimum Gasteiger partial charge on any atom is -0.388 e. The molecule has 2 N–H and O–H groups in total. The minimum atomic E-state index is 0.519. The lowest BCUT2D eigenvalue weighted by Gasteiger charge is -2.35. The molecule has 1 fully saturated rings.